The highest BCUT2D eigenvalue weighted by molar-refractivity contribution is 5.55. The Kier molecular flexibility index (Phi) is 2.71. The minimum Gasteiger partial charge on any atom is -0.309 e. The number of fused-ring (bicyclic) bond motifs is 1. The Hall–Kier alpha value is -1.60. The maximum atomic E-state index is 2.35. The van der Waals surface area contributed by atoms with Gasteiger partial charge in [0.25, 0.3) is 0 Å². The summed E-state index contributed by atoms with van der Waals surface area (Å²) in [7, 11) is 4.39. The van der Waals surface area contributed by atoms with Gasteiger partial charge in [-0.3, -0.25) is 0 Å². The highest BCUT2D eigenvalue weighted by Crippen LogP contribution is 2.55. The van der Waals surface area contributed by atoms with Crippen molar-refractivity contribution >= 4 is 0 Å². The Morgan fingerprint density at radius 3 is 1.85 bits per heavy atom. The molecule has 0 saturated carbocycles. The van der Waals surface area contributed by atoms with Crippen LogP contribution in [0.25, 0.3) is 0 Å². The van der Waals surface area contributed by atoms with Gasteiger partial charge in [-0.15, -0.1) is 0 Å². The van der Waals surface area contributed by atoms with Gasteiger partial charge in [-0.1, -0.05) is 48.5 Å². The van der Waals surface area contributed by atoms with Crippen LogP contribution in [0, 0.1) is 5.92 Å². The van der Waals surface area contributed by atoms with Gasteiger partial charge in [0.1, 0.15) is 0 Å². The average Bonchev–Trinajstić information content (AvgIpc) is 2.47. The molecule has 1 unspecified atom stereocenters. The second-order valence-corrected chi connectivity index (χ2v) is 6.55. The molecule has 0 aromatic heterocycles. The third-order valence-electron chi connectivity index (χ3n) is 5.02. The minimum atomic E-state index is 0.592. The molecule has 2 aromatic rings. The van der Waals surface area contributed by atoms with E-state index in [1.807, 2.05) is 0 Å². The molecule has 3 aliphatic carbocycles. The Bertz CT molecular complexity index is 596. The molecule has 0 amide bonds. The maximum Gasteiger partial charge on any atom is 0.0136 e. The van der Waals surface area contributed by atoms with Gasteiger partial charge in [-0.05, 0) is 48.7 Å². The minimum absolute atomic E-state index is 0.592. The summed E-state index contributed by atoms with van der Waals surface area (Å²) in [4.78, 5) is 2.34. The normalized spacial score (nSPS) is 26.4. The van der Waals surface area contributed by atoms with Crippen molar-refractivity contribution in [2.45, 2.75) is 18.3 Å². The van der Waals surface area contributed by atoms with Crippen molar-refractivity contribution in [2.75, 3.05) is 20.6 Å². The van der Waals surface area contributed by atoms with Crippen LogP contribution in [0.2, 0.25) is 0 Å². The molecule has 102 valence electrons. The summed E-state index contributed by atoms with van der Waals surface area (Å²) in [6, 6.07) is 18.2. The van der Waals surface area contributed by atoms with Crippen molar-refractivity contribution in [1.82, 2.24) is 4.90 Å². The number of hydrogen-bond donors (Lipinski definition) is 0. The van der Waals surface area contributed by atoms with E-state index in [4.69, 9.17) is 0 Å². The average molecular weight is 263 g/mol. The molecular formula is C19H21N. The number of rotatable bonds is 2. The predicted molar refractivity (Wildman–Crippen MR) is 83.2 cm³/mol. The van der Waals surface area contributed by atoms with Gasteiger partial charge in [0.15, 0.2) is 0 Å². The lowest BCUT2D eigenvalue weighted by atomic mass is 9.59. The molecule has 2 aromatic carbocycles. The monoisotopic (exact) mass is 263 g/mol. The van der Waals surface area contributed by atoms with E-state index >= 15 is 0 Å². The largest absolute Gasteiger partial charge is 0.309 e. The van der Waals surface area contributed by atoms with Crippen molar-refractivity contribution < 1.29 is 0 Å². The maximum absolute atomic E-state index is 2.35. The molecule has 0 fully saturated rings. The summed E-state index contributed by atoms with van der Waals surface area (Å²) in [5.74, 6) is 1.95. The first-order chi connectivity index (χ1) is 9.75. The molecule has 0 N–H and O–H groups in total. The molecule has 3 aliphatic rings. The van der Waals surface area contributed by atoms with Crippen LogP contribution < -0.4 is 0 Å². The standard InChI is InChI=1S/C19H21N/c1-20(2)12-13-11-18-14-7-3-5-9-16(14)19(13)17-10-6-4-8-15(17)18/h3-10,13,18-19H,11-12H2,1-2H3. The fraction of sp³-hybridized carbons (Fsp3) is 0.368. The lowest BCUT2D eigenvalue weighted by molar-refractivity contribution is 0.259. The molecule has 5 rings (SSSR count). The lowest BCUT2D eigenvalue weighted by Gasteiger charge is -2.46. The molecule has 1 heteroatoms. The molecule has 2 bridgehead atoms. The van der Waals surface area contributed by atoms with E-state index < -0.39 is 0 Å². The molecule has 0 radical (unpaired) electrons. The van der Waals surface area contributed by atoms with Gasteiger partial charge >= 0.3 is 0 Å². The number of hydrogen-bond acceptors (Lipinski definition) is 1. The van der Waals surface area contributed by atoms with E-state index in [9.17, 15) is 0 Å². The molecular weight excluding hydrogens is 242 g/mol. The van der Waals surface area contributed by atoms with Gasteiger partial charge in [0.2, 0.25) is 0 Å². The zero-order valence-corrected chi connectivity index (χ0v) is 12.2. The highest BCUT2D eigenvalue weighted by atomic mass is 15.1. The van der Waals surface area contributed by atoms with E-state index in [1.165, 1.54) is 13.0 Å². The quantitative estimate of drug-likeness (QED) is 0.795. The first-order valence-electron chi connectivity index (χ1n) is 7.58. The summed E-state index contributed by atoms with van der Waals surface area (Å²) in [5, 5.41) is 0. The second kappa shape index (κ2) is 4.46. The molecule has 1 atom stereocenters. The number of benzene rings is 2. The van der Waals surface area contributed by atoms with Crippen molar-refractivity contribution in [3.05, 3.63) is 70.8 Å². The Morgan fingerprint density at radius 2 is 1.35 bits per heavy atom. The molecule has 0 heterocycles. The summed E-state index contributed by atoms with van der Waals surface area (Å²) in [6.45, 7) is 1.18. The fourth-order valence-corrected chi connectivity index (χ4v) is 4.41. The van der Waals surface area contributed by atoms with Gasteiger partial charge in [-0.2, -0.15) is 0 Å². The zero-order valence-electron chi connectivity index (χ0n) is 12.2. The third-order valence-corrected chi connectivity index (χ3v) is 5.02. The third kappa shape index (κ3) is 1.66. The van der Waals surface area contributed by atoms with Crippen LogP contribution in [0.3, 0.4) is 0 Å². The highest BCUT2D eigenvalue weighted by Gasteiger charge is 2.42. The van der Waals surface area contributed by atoms with Gasteiger partial charge in [0.05, 0.1) is 0 Å². The first-order valence-corrected chi connectivity index (χ1v) is 7.58. The topological polar surface area (TPSA) is 3.24 Å². The van der Waals surface area contributed by atoms with Crippen LogP contribution in [0.4, 0.5) is 0 Å². The van der Waals surface area contributed by atoms with E-state index in [2.05, 4.69) is 67.5 Å². The summed E-state index contributed by atoms with van der Waals surface area (Å²) < 4.78 is 0. The Morgan fingerprint density at radius 1 is 0.850 bits per heavy atom. The van der Waals surface area contributed by atoms with E-state index in [0.717, 1.165) is 5.92 Å². The second-order valence-electron chi connectivity index (χ2n) is 6.55. The Balaban J connectivity index is 1.89. The molecule has 1 nitrogen and oxygen atoms in total. The van der Waals surface area contributed by atoms with Crippen LogP contribution in [-0.4, -0.2) is 25.5 Å². The lowest BCUT2D eigenvalue weighted by Crippen LogP contribution is -2.37. The molecule has 0 saturated heterocycles. The van der Waals surface area contributed by atoms with Gasteiger partial charge in [-0.25, -0.2) is 0 Å². The van der Waals surface area contributed by atoms with Crippen LogP contribution in [0.15, 0.2) is 48.5 Å². The number of nitrogens with zero attached hydrogens (tertiary/aromatic N) is 1. The van der Waals surface area contributed by atoms with Crippen molar-refractivity contribution in [3.63, 3.8) is 0 Å². The molecule has 0 spiro atoms. The van der Waals surface area contributed by atoms with E-state index in [0.29, 0.717) is 11.8 Å². The summed E-state index contributed by atoms with van der Waals surface area (Å²) in [6.07, 6.45) is 1.30. The predicted octanol–water partition coefficient (Wildman–Crippen LogP) is 3.85. The van der Waals surface area contributed by atoms with E-state index in [-0.39, 0.29) is 0 Å². The smallest absolute Gasteiger partial charge is 0.0136 e. The van der Waals surface area contributed by atoms with Crippen LogP contribution in [0.5, 0.6) is 0 Å². The van der Waals surface area contributed by atoms with Gasteiger partial charge < -0.3 is 4.90 Å². The Labute approximate surface area is 121 Å². The summed E-state index contributed by atoms with van der Waals surface area (Å²) in [5.41, 5.74) is 6.31. The van der Waals surface area contributed by atoms with Crippen LogP contribution in [-0.2, 0) is 0 Å². The van der Waals surface area contributed by atoms with Gasteiger partial charge in [0, 0.05) is 18.4 Å². The summed E-state index contributed by atoms with van der Waals surface area (Å²) >= 11 is 0. The van der Waals surface area contributed by atoms with Crippen molar-refractivity contribution in [3.8, 4) is 0 Å². The molecule has 0 aliphatic heterocycles. The SMILES string of the molecule is CN(C)CC1CC2c3ccccc3C1c1ccccc12. The first kappa shape index (κ1) is 12.2. The zero-order chi connectivity index (χ0) is 13.7. The fourth-order valence-electron chi connectivity index (χ4n) is 4.41. The van der Waals surface area contributed by atoms with Crippen molar-refractivity contribution in [2.24, 2.45) is 5.92 Å². The van der Waals surface area contributed by atoms with Crippen LogP contribution in [0.1, 0.15) is 40.5 Å². The van der Waals surface area contributed by atoms with Crippen LogP contribution >= 0.6 is 0 Å². The van der Waals surface area contributed by atoms with Crippen molar-refractivity contribution in [1.29, 1.82) is 0 Å². The van der Waals surface area contributed by atoms with E-state index in [1.54, 1.807) is 22.3 Å². The molecule has 20 heavy (non-hydrogen) atoms.